The Morgan fingerprint density at radius 2 is 1.86 bits per heavy atom. The molecule has 0 aliphatic rings. The average Bonchev–Trinajstić information content (AvgIpc) is 2.43. The lowest BCUT2D eigenvalue weighted by Gasteiger charge is -2.15. The van der Waals surface area contributed by atoms with Crippen molar-refractivity contribution < 1.29 is 19.1 Å². The third kappa shape index (κ3) is 7.29. The molecular formula is C15H21FN2O3. The molecule has 5 nitrogen and oxygen atoms in total. The van der Waals surface area contributed by atoms with E-state index in [1.165, 1.54) is 12.1 Å². The highest BCUT2D eigenvalue weighted by atomic mass is 19.1. The van der Waals surface area contributed by atoms with Crippen LogP contribution in [0.1, 0.15) is 44.2 Å². The summed E-state index contributed by atoms with van der Waals surface area (Å²) in [5, 5.41) is 13.9. The van der Waals surface area contributed by atoms with Crippen molar-refractivity contribution in [1.82, 2.24) is 10.6 Å². The molecule has 1 atom stereocenters. The van der Waals surface area contributed by atoms with E-state index in [1.54, 1.807) is 12.1 Å². The molecule has 0 fully saturated rings. The largest absolute Gasteiger partial charge is 0.481 e. The number of carbonyl (C=O) groups is 2. The minimum absolute atomic E-state index is 0.161. The van der Waals surface area contributed by atoms with E-state index in [1.807, 2.05) is 6.92 Å². The first kappa shape index (κ1) is 16.9. The minimum atomic E-state index is -0.797. The molecule has 6 heteroatoms. The van der Waals surface area contributed by atoms with Gasteiger partial charge in [-0.2, -0.15) is 0 Å². The van der Waals surface area contributed by atoms with Crippen LogP contribution in [0.4, 0.5) is 9.18 Å². The van der Waals surface area contributed by atoms with E-state index in [0.29, 0.717) is 13.0 Å². The number of carbonyl (C=O) groups excluding carboxylic acids is 1. The van der Waals surface area contributed by atoms with Crippen LogP contribution in [0.2, 0.25) is 0 Å². The lowest BCUT2D eigenvalue weighted by atomic mass is 10.1. The molecule has 1 aromatic carbocycles. The summed E-state index contributed by atoms with van der Waals surface area (Å²) >= 11 is 0. The Balaban J connectivity index is 2.18. The normalized spacial score (nSPS) is 11.7. The third-order valence-electron chi connectivity index (χ3n) is 3.07. The van der Waals surface area contributed by atoms with Crippen LogP contribution in [-0.2, 0) is 4.79 Å². The number of amides is 2. The Labute approximate surface area is 123 Å². The molecule has 0 spiro atoms. The summed E-state index contributed by atoms with van der Waals surface area (Å²) in [4.78, 5) is 22.0. The van der Waals surface area contributed by atoms with Crippen LogP contribution in [-0.4, -0.2) is 23.7 Å². The van der Waals surface area contributed by atoms with Gasteiger partial charge in [-0.15, -0.1) is 0 Å². The molecule has 0 saturated heterocycles. The SMILES string of the molecule is CC(NC(=O)NCCCCCC(=O)O)c1ccc(F)cc1. The van der Waals surface area contributed by atoms with Crippen LogP contribution >= 0.6 is 0 Å². The van der Waals surface area contributed by atoms with Crippen LogP contribution < -0.4 is 10.6 Å². The summed E-state index contributed by atoms with van der Waals surface area (Å²) < 4.78 is 12.8. The van der Waals surface area contributed by atoms with Gasteiger partial charge in [-0.25, -0.2) is 9.18 Å². The predicted octanol–water partition coefficient (Wildman–Crippen LogP) is 2.83. The zero-order valence-corrected chi connectivity index (χ0v) is 12.1. The summed E-state index contributed by atoms with van der Waals surface area (Å²) in [6.45, 7) is 2.32. The standard InChI is InChI=1S/C15H21FN2O3/c1-11(12-6-8-13(16)9-7-12)18-15(21)17-10-4-2-3-5-14(19)20/h6-9,11H,2-5,10H2,1H3,(H,19,20)(H2,17,18,21). The Hall–Kier alpha value is -2.11. The first-order chi connectivity index (χ1) is 9.99. The number of hydrogen-bond acceptors (Lipinski definition) is 2. The van der Waals surface area contributed by atoms with Gasteiger partial charge in [-0.1, -0.05) is 18.6 Å². The van der Waals surface area contributed by atoms with Gasteiger partial charge in [0.05, 0.1) is 6.04 Å². The zero-order chi connectivity index (χ0) is 15.7. The van der Waals surface area contributed by atoms with E-state index in [9.17, 15) is 14.0 Å². The quantitative estimate of drug-likeness (QED) is 0.645. The highest BCUT2D eigenvalue weighted by molar-refractivity contribution is 5.74. The van der Waals surface area contributed by atoms with Crippen molar-refractivity contribution in [2.75, 3.05) is 6.54 Å². The van der Waals surface area contributed by atoms with Gasteiger partial charge in [-0.3, -0.25) is 4.79 Å². The number of aliphatic carboxylic acids is 1. The van der Waals surface area contributed by atoms with Crippen molar-refractivity contribution in [3.05, 3.63) is 35.6 Å². The summed E-state index contributed by atoms with van der Waals surface area (Å²) in [5.74, 6) is -1.11. The fourth-order valence-electron chi connectivity index (χ4n) is 1.86. The second-order valence-electron chi connectivity index (χ2n) is 4.88. The van der Waals surface area contributed by atoms with Crippen LogP contribution in [0.3, 0.4) is 0 Å². The summed E-state index contributed by atoms with van der Waals surface area (Å²) in [6, 6.07) is 5.47. The second-order valence-corrected chi connectivity index (χ2v) is 4.88. The monoisotopic (exact) mass is 296 g/mol. The molecule has 116 valence electrons. The number of unbranched alkanes of at least 4 members (excludes halogenated alkanes) is 2. The molecule has 1 unspecified atom stereocenters. The first-order valence-corrected chi connectivity index (χ1v) is 7.00. The van der Waals surface area contributed by atoms with Gasteiger partial charge in [0.1, 0.15) is 5.82 Å². The topological polar surface area (TPSA) is 78.4 Å². The third-order valence-corrected chi connectivity index (χ3v) is 3.07. The van der Waals surface area contributed by atoms with Gasteiger partial charge >= 0.3 is 12.0 Å². The maximum atomic E-state index is 12.8. The predicted molar refractivity (Wildman–Crippen MR) is 77.5 cm³/mol. The molecule has 0 heterocycles. The molecule has 2 amide bonds. The first-order valence-electron chi connectivity index (χ1n) is 7.00. The number of carboxylic acids is 1. The molecule has 1 rings (SSSR count). The fraction of sp³-hybridized carbons (Fsp3) is 0.467. The Morgan fingerprint density at radius 1 is 1.19 bits per heavy atom. The molecule has 0 aromatic heterocycles. The Morgan fingerprint density at radius 3 is 2.48 bits per heavy atom. The summed E-state index contributed by atoms with van der Waals surface area (Å²) in [6.07, 6.45) is 2.28. The van der Waals surface area contributed by atoms with E-state index in [4.69, 9.17) is 5.11 Å². The van der Waals surface area contributed by atoms with Crippen molar-refractivity contribution in [2.45, 2.75) is 38.6 Å². The zero-order valence-electron chi connectivity index (χ0n) is 12.1. The van der Waals surface area contributed by atoms with Crippen LogP contribution in [0.15, 0.2) is 24.3 Å². The molecule has 0 aliphatic carbocycles. The Bertz CT molecular complexity index is 462. The number of carboxylic acid groups (broad SMARTS) is 1. The number of benzene rings is 1. The fourth-order valence-corrected chi connectivity index (χ4v) is 1.86. The number of nitrogens with one attached hydrogen (secondary N) is 2. The summed E-state index contributed by atoms with van der Waals surface area (Å²) in [5.41, 5.74) is 0.827. The highest BCUT2D eigenvalue weighted by Gasteiger charge is 2.08. The van der Waals surface area contributed by atoms with Crippen LogP contribution in [0.5, 0.6) is 0 Å². The molecule has 0 saturated carbocycles. The molecular weight excluding hydrogens is 275 g/mol. The van der Waals surface area contributed by atoms with Crippen molar-refractivity contribution in [3.8, 4) is 0 Å². The molecule has 0 bridgehead atoms. The van der Waals surface area contributed by atoms with Crippen LogP contribution in [0, 0.1) is 5.82 Å². The molecule has 0 aliphatic heterocycles. The van der Waals surface area contributed by atoms with Crippen molar-refractivity contribution in [1.29, 1.82) is 0 Å². The smallest absolute Gasteiger partial charge is 0.315 e. The van der Waals surface area contributed by atoms with Crippen molar-refractivity contribution in [2.24, 2.45) is 0 Å². The molecule has 0 radical (unpaired) electrons. The lowest BCUT2D eigenvalue weighted by molar-refractivity contribution is -0.137. The van der Waals surface area contributed by atoms with Gasteiger partial charge in [0.15, 0.2) is 0 Å². The maximum Gasteiger partial charge on any atom is 0.315 e. The number of hydrogen-bond donors (Lipinski definition) is 3. The molecule has 3 N–H and O–H groups in total. The summed E-state index contributed by atoms with van der Waals surface area (Å²) in [7, 11) is 0. The Kier molecular flexibility index (Phi) is 7.21. The maximum absolute atomic E-state index is 12.8. The van der Waals surface area contributed by atoms with E-state index in [-0.39, 0.29) is 24.3 Å². The van der Waals surface area contributed by atoms with Crippen LogP contribution in [0.25, 0.3) is 0 Å². The minimum Gasteiger partial charge on any atom is -0.481 e. The second kappa shape index (κ2) is 8.94. The number of halogens is 1. The number of rotatable bonds is 8. The van der Waals surface area contributed by atoms with Gasteiger partial charge in [0.25, 0.3) is 0 Å². The number of urea groups is 1. The van der Waals surface area contributed by atoms with E-state index >= 15 is 0 Å². The van der Waals surface area contributed by atoms with E-state index in [0.717, 1.165) is 18.4 Å². The van der Waals surface area contributed by atoms with Gasteiger partial charge in [0.2, 0.25) is 0 Å². The van der Waals surface area contributed by atoms with Crippen molar-refractivity contribution in [3.63, 3.8) is 0 Å². The van der Waals surface area contributed by atoms with Gasteiger partial charge in [0, 0.05) is 13.0 Å². The highest BCUT2D eigenvalue weighted by Crippen LogP contribution is 2.12. The molecule has 21 heavy (non-hydrogen) atoms. The van der Waals surface area contributed by atoms with Crippen molar-refractivity contribution >= 4 is 12.0 Å². The van der Waals surface area contributed by atoms with E-state index in [2.05, 4.69) is 10.6 Å². The molecule has 1 aromatic rings. The van der Waals surface area contributed by atoms with Gasteiger partial charge in [-0.05, 0) is 37.5 Å². The average molecular weight is 296 g/mol. The van der Waals surface area contributed by atoms with E-state index < -0.39 is 5.97 Å². The lowest BCUT2D eigenvalue weighted by Crippen LogP contribution is -2.37. The van der Waals surface area contributed by atoms with Gasteiger partial charge < -0.3 is 15.7 Å².